The van der Waals surface area contributed by atoms with Gasteiger partial charge in [0.15, 0.2) is 0 Å². The largest absolute Gasteiger partial charge is 0.497 e. The smallest absolute Gasteiger partial charge is 0.118 e. The Balaban J connectivity index is 0.000000167. The van der Waals surface area contributed by atoms with Gasteiger partial charge in [0.2, 0.25) is 0 Å². The number of ether oxygens (including phenoxy) is 4. The van der Waals surface area contributed by atoms with Gasteiger partial charge >= 0.3 is 0 Å². The highest BCUT2D eigenvalue weighted by Crippen LogP contribution is 2.24. The fraction of sp³-hybridized carbons (Fsp3) is 0.0769. The van der Waals surface area contributed by atoms with E-state index in [-0.39, 0.29) is 11.0 Å². The van der Waals surface area contributed by atoms with Crippen LogP contribution in [0.3, 0.4) is 0 Å². The number of benzene rings is 8. The topological polar surface area (TPSA) is 36.9 Å². The lowest BCUT2D eigenvalue weighted by Gasteiger charge is -2.02. The zero-order chi connectivity index (χ0) is 39.2. The van der Waals surface area contributed by atoms with E-state index in [0.717, 1.165) is 23.0 Å². The van der Waals surface area contributed by atoms with Crippen molar-refractivity contribution in [2.24, 2.45) is 0 Å². The van der Waals surface area contributed by atoms with Crippen LogP contribution < -0.4 is 18.9 Å². The maximum absolute atomic E-state index is 5.11. The summed E-state index contributed by atoms with van der Waals surface area (Å²) in [7, 11) is 6.71. The molecule has 8 aromatic carbocycles. The van der Waals surface area contributed by atoms with Gasteiger partial charge in [0.25, 0.3) is 0 Å². The van der Waals surface area contributed by atoms with Crippen molar-refractivity contribution >= 4 is 11.0 Å². The monoisotopic (exact) mass is 768 g/mol. The predicted octanol–water partition coefficient (Wildman–Crippen LogP) is 12.0. The molecule has 0 N–H and O–H groups in total. The minimum absolute atomic E-state index is 0. The van der Waals surface area contributed by atoms with Gasteiger partial charge in [0.05, 0.1) is 28.4 Å². The molecule has 288 valence electrons. The van der Waals surface area contributed by atoms with Crippen LogP contribution in [-0.2, 0) is 0 Å². The van der Waals surface area contributed by atoms with Crippen molar-refractivity contribution in [1.29, 1.82) is 0 Å². The van der Waals surface area contributed by atoms with Crippen LogP contribution in [0.25, 0.3) is 44.5 Å². The second kappa shape index (κ2) is 23.9. The van der Waals surface area contributed by atoms with E-state index in [1.807, 2.05) is 121 Å². The van der Waals surface area contributed by atoms with Crippen molar-refractivity contribution in [3.63, 3.8) is 0 Å². The van der Waals surface area contributed by atoms with Gasteiger partial charge in [-0.25, -0.2) is 0 Å². The van der Waals surface area contributed by atoms with E-state index in [9.17, 15) is 0 Å². The molecule has 0 bridgehead atoms. The Bertz CT molecular complexity index is 1900. The lowest BCUT2D eigenvalue weighted by Crippen LogP contribution is -1.82. The third-order valence-electron chi connectivity index (χ3n) is 8.79. The van der Waals surface area contributed by atoms with Gasteiger partial charge in [-0.05, 0) is 104 Å². The molecule has 0 aliphatic heterocycles. The zero-order valence-electron chi connectivity index (χ0n) is 32.4. The molecule has 0 amide bonds. The molecule has 0 aliphatic rings. The van der Waals surface area contributed by atoms with Crippen LogP contribution in [0.1, 0.15) is 0 Å². The first-order chi connectivity index (χ1) is 27.6. The van der Waals surface area contributed by atoms with Crippen molar-refractivity contribution in [3.05, 3.63) is 218 Å². The van der Waals surface area contributed by atoms with E-state index < -0.39 is 0 Å². The molecule has 0 radical (unpaired) electrons. The van der Waals surface area contributed by atoms with Gasteiger partial charge in [0.1, 0.15) is 23.0 Å². The number of methoxy groups -OCH3 is 4. The molecule has 0 atom stereocenters. The van der Waals surface area contributed by atoms with E-state index in [0.29, 0.717) is 0 Å². The van der Waals surface area contributed by atoms with Gasteiger partial charge in [-0.1, -0.05) is 170 Å². The number of hydrogen-bond donors (Lipinski definition) is 0. The predicted molar refractivity (Wildman–Crippen MR) is 245 cm³/mol. The standard InChI is InChI=1S/4C13H12O.H4Si/c4*1-14-13-9-7-12(8-10-13)11-5-3-2-4-6-11;/h4*2-10H,1H3;1H4. The quantitative estimate of drug-likeness (QED) is 0.144. The van der Waals surface area contributed by atoms with Crippen molar-refractivity contribution < 1.29 is 18.9 Å². The Labute approximate surface area is 343 Å². The minimum Gasteiger partial charge on any atom is -0.497 e. The average Bonchev–Trinajstić information content (AvgIpc) is 3.31. The first-order valence-electron chi connectivity index (χ1n) is 18.4. The maximum atomic E-state index is 5.11. The Kier molecular flexibility index (Phi) is 18.0. The van der Waals surface area contributed by atoms with E-state index in [1.54, 1.807) is 28.4 Å². The summed E-state index contributed by atoms with van der Waals surface area (Å²) in [5.74, 6) is 3.57. The van der Waals surface area contributed by atoms with Crippen LogP contribution in [0, 0.1) is 0 Å². The molecule has 57 heavy (non-hydrogen) atoms. The molecule has 5 heteroatoms. The molecule has 0 unspecified atom stereocenters. The molecule has 0 aromatic heterocycles. The lowest BCUT2D eigenvalue weighted by molar-refractivity contribution is 0.415. The first-order valence-corrected chi connectivity index (χ1v) is 18.4. The summed E-state index contributed by atoms with van der Waals surface area (Å²) in [5, 5.41) is 0. The highest BCUT2D eigenvalue weighted by molar-refractivity contribution is 5.75. The molecule has 0 saturated heterocycles. The van der Waals surface area contributed by atoms with Gasteiger partial charge in [-0.2, -0.15) is 0 Å². The van der Waals surface area contributed by atoms with E-state index in [1.165, 1.54) is 44.5 Å². The van der Waals surface area contributed by atoms with Crippen LogP contribution in [0.15, 0.2) is 218 Å². The highest BCUT2D eigenvalue weighted by Gasteiger charge is 1.99. The molecular formula is C52H52O4Si. The summed E-state index contributed by atoms with van der Waals surface area (Å²) in [6, 6.07) is 73.5. The third-order valence-corrected chi connectivity index (χ3v) is 8.79. The second-order valence-corrected chi connectivity index (χ2v) is 12.4. The summed E-state index contributed by atoms with van der Waals surface area (Å²) in [6.07, 6.45) is 0. The van der Waals surface area contributed by atoms with E-state index in [4.69, 9.17) is 18.9 Å². The number of hydrogen-bond acceptors (Lipinski definition) is 4. The molecule has 8 rings (SSSR count). The fourth-order valence-corrected chi connectivity index (χ4v) is 5.66. The van der Waals surface area contributed by atoms with Gasteiger partial charge < -0.3 is 18.9 Å². The highest BCUT2D eigenvalue weighted by atomic mass is 28.1. The van der Waals surface area contributed by atoms with E-state index >= 15 is 0 Å². The maximum Gasteiger partial charge on any atom is 0.118 e. The summed E-state index contributed by atoms with van der Waals surface area (Å²) in [6.45, 7) is 0. The third kappa shape index (κ3) is 13.8. The van der Waals surface area contributed by atoms with E-state index in [2.05, 4.69) is 97.1 Å². The Morgan fingerprint density at radius 2 is 0.333 bits per heavy atom. The van der Waals surface area contributed by atoms with Gasteiger partial charge in [-0.3, -0.25) is 0 Å². The first kappa shape index (κ1) is 42.9. The van der Waals surface area contributed by atoms with Gasteiger partial charge in [-0.15, -0.1) is 0 Å². The van der Waals surface area contributed by atoms with Crippen molar-refractivity contribution in [2.75, 3.05) is 28.4 Å². The molecular weight excluding hydrogens is 717 g/mol. The molecule has 0 aliphatic carbocycles. The average molecular weight is 769 g/mol. The molecule has 0 fully saturated rings. The molecule has 4 nitrogen and oxygen atoms in total. The van der Waals surface area contributed by atoms with Crippen molar-refractivity contribution in [3.8, 4) is 67.5 Å². The molecule has 0 heterocycles. The zero-order valence-corrected chi connectivity index (χ0v) is 32.4. The Morgan fingerprint density at radius 1 is 0.193 bits per heavy atom. The van der Waals surface area contributed by atoms with Crippen LogP contribution in [0.2, 0.25) is 0 Å². The number of rotatable bonds is 8. The summed E-state index contributed by atoms with van der Waals surface area (Å²) < 4.78 is 20.4. The summed E-state index contributed by atoms with van der Waals surface area (Å²) in [4.78, 5) is 0. The van der Waals surface area contributed by atoms with Crippen LogP contribution in [0.4, 0.5) is 0 Å². The SMILES string of the molecule is COc1ccc(-c2ccccc2)cc1.COc1ccc(-c2ccccc2)cc1.COc1ccc(-c2ccccc2)cc1.COc1ccc(-c2ccccc2)cc1.[SiH4]. The van der Waals surface area contributed by atoms with Crippen molar-refractivity contribution in [2.45, 2.75) is 0 Å². The van der Waals surface area contributed by atoms with Crippen LogP contribution in [0.5, 0.6) is 23.0 Å². The second-order valence-electron chi connectivity index (χ2n) is 12.4. The van der Waals surface area contributed by atoms with Gasteiger partial charge in [0, 0.05) is 0 Å². The van der Waals surface area contributed by atoms with Crippen molar-refractivity contribution in [1.82, 2.24) is 0 Å². The lowest BCUT2D eigenvalue weighted by atomic mass is 10.1. The summed E-state index contributed by atoms with van der Waals surface area (Å²) in [5.41, 5.74) is 9.78. The Morgan fingerprint density at radius 3 is 0.474 bits per heavy atom. The molecule has 8 aromatic rings. The Hall–Kier alpha value is -6.82. The molecule has 0 saturated carbocycles. The van der Waals surface area contributed by atoms with Crippen LogP contribution >= 0.6 is 0 Å². The minimum atomic E-state index is 0. The van der Waals surface area contributed by atoms with Crippen LogP contribution in [-0.4, -0.2) is 39.4 Å². The normalized spacial score (nSPS) is 9.61. The molecule has 0 spiro atoms. The summed E-state index contributed by atoms with van der Waals surface area (Å²) >= 11 is 0. The fourth-order valence-electron chi connectivity index (χ4n) is 5.66.